The molecule has 4 heteroatoms. The van der Waals surface area contributed by atoms with Gasteiger partial charge in [0.15, 0.2) is 0 Å². The first-order valence-corrected chi connectivity index (χ1v) is 7.96. The average molecular weight is 283 g/mol. The molecule has 1 rings (SSSR count). The second-order valence-corrected chi connectivity index (χ2v) is 7.56. The van der Waals surface area contributed by atoms with Crippen LogP contribution in [0.25, 0.3) is 0 Å². The van der Waals surface area contributed by atoms with E-state index in [-0.39, 0.29) is 0 Å². The summed E-state index contributed by atoms with van der Waals surface area (Å²) in [5, 5.41) is 4.91. The first-order chi connectivity index (χ1) is 8.79. The van der Waals surface area contributed by atoms with Crippen molar-refractivity contribution in [3.05, 3.63) is 15.6 Å². The van der Waals surface area contributed by atoms with Crippen molar-refractivity contribution in [1.82, 2.24) is 15.2 Å². The fourth-order valence-corrected chi connectivity index (χ4v) is 3.50. The Hall–Kier alpha value is -0.450. The van der Waals surface area contributed by atoms with Crippen molar-refractivity contribution in [3.63, 3.8) is 0 Å². The van der Waals surface area contributed by atoms with Crippen molar-refractivity contribution in [1.29, 1.82) is 0 Å². The zero-order valence-electron chi connectivity index (χ0n) is 13.4. The van der Waals surface area contributed by atoms with Gasteiger partial charge in [0.2, 0.25) is 0 Å². The fourth-order valence-electron chi connectivity index (χ4n) is 2.58. The second kappa shape index (κ2) is 7.36. The van der Waals surface area contributed by atoms with Gasteiger partial charge in [0.05, 0.1) is 10.7 Å². The Balaban J connectivity index is 2.69. The van der Waals surface area contributed by atoms with Crippen molar-refractivity contribution in [2.45, 2.75) is 53.1 Å². The molecule has 1 aromatic heterocycles. The van der Waals surface area contributed by atoms with Crippen LogP contribution in [0.3, 0.4) is 0 Å². The monoisotopic (exact) mass is 283 g/mol. The molecule has 1 N–H and O–H groups in total. The van der Waals surface area contributed by atoms with Crippen LogP contribution in [-0.4, -0.2) is 36.6 Å². The number of rotatable bonds is 7. The van der Waals surface area contributed by atoms with Crippen LogP contribution in [0.5, 0.6) is 0 Å². The SMILES string of the molecule is Cc1nc(C(C)NC(CC(C)C)CN(C)C)c(C)s1. The van der Waals surface area contributed by atoms with E-state index in [0.717, 1.165) is 11.6 Å². The molecule has 0 aliphatic rings. The van der Waals surface area contributed by atoms with Crippen LogP contribution >= 0.6 is 11.3 Å². The molecule has 0 aromatic carbocycles. The molecule has 0 spiro atoms. The summed E-state index contributed by atoms with van der Waals surface area (Å²) < 4.78 is 0. The molecule has 0 aliphatic carbocycles. The van der Waals surface area contributed by atoms with E-state index in [0.29, 0.717) is 18.0 Å². The van der Waals surface area contributed by atoms with Crippen LogP contribution in [0.15, 0.2) is 0 Å². The van der Waals surface area contributed by atoms with E-state index in [1.807, 2.05) is 0 Å². The highest BCUT2D eigenvalue weighted by molar-refractivity contribution is 7.11. The number of thiazole rings is 1. The van der Waals surface area contributed by atoms with Gasteiger partial charge in [-0.15, -0.1) is 11.3 Å². The molecule has 0 fully saturated rings. The summed E-state index contributed by atoms with van der Waals surface area (Å²) in [5.41, 5.74) is 1.22. The highest BCUT2D eigenvalue weighted by Crippen LogP contribution is 2.23. The summed E-state index contributed by atoms with van der Waals surface area (Å²) in [6, 6.07) is 0.847. The van der Waals surface area contributed by atoms with Crippen LogP contribution in [0, 0.1) is 19.8 Å². The van der Waals surface area contributed by atoms with Gasteiger partial charge in [-0.05, 0) is 47.2 Å². The molecular weight excluding hydrogens is 254 g/mol. The standard InChI is InChI=1S/C15H29N3S/c1-10(2)8-14(9-18(6)7)16-11(3)15-12(4)19-13(5)17-15/h10-11,14,16H,8-9H2,1-7H3. The molecule has 0 bridgehead atoms. The van der Waals surface area contributed by atoms with E-state index < -0.39 is 0 Å². The van der Waals surface area contributed by atoms with Crippen LogP contribution in [0.1, 0.15) is 48.8 Å². The van der Waals surface area contributed by atoms with Crippen molar-refractivity contribution in [2.75, 3.05) is 20.6 Å². The second-order valence-electron chi connectivity index (χ2n) is 6.15. The molecule has 0 saturated heterocycles. The number of likely N-dealkylation sites (N-methyl/N-ethyl adjacent to an activating group) is 1. The molecule has 1 heterocycles. The van der Waals surface area contributed by atoms with E-state index in [9.17, 15) is 0 Å². The normalized spacial score (nSPS) is 15.2. The molecule has 2 atom stereocenters. The van der Waals surface area contributed by atoms with Gasteiger partial charge in [-0.3, -0.25) is 0 Å². The topological polar surface area (TPSA) is 28.2 Å². The third-order valence-electron chi connectivity index (χ3n) is 3.18. The number of hydrogen-bond acceptors (Lipinski definition) is 4. The molecule has 3 nitrogen and oxygen atoms in total. The number of nitrogens with one attached hydrogen (secondary N) is 1. The minimum Gasteiger partial charge on any atom is -0.308 e. The zero-order valence-corrected chi connectivity index (χ0v) is 14.3. The van der Waals surface area contributed by atoms with Gasteiger partial charge in [0.25, 0.3) is 0 Å². The summed E-state index contributed by atoms with van der Waals surface area (Å²) in [5.74, 6) is 0.711. The summed E-state index contributed by atoms with van der Waals surface area (Å²) in [4.78, 5) is 8.26. The summed E-state index contributed by atoms with van der Waals surface area (Å²) >= 11 is 1.79. The lowest BCUT2D eigenvalue weighted by Crippen LogP contribution is -2.40. The van der Waals surface area contributed by atoms with Gasteiger partial charge < -0.3 is 10.2 Å². The highest BCUT2D eigenvalue weighted by Gasteiger charge is 2.18. The molecule has 0 radical (unpaired) electrons. The van der Waals surface area contributed by atoms with Gasteiger partial charge in [0, 0.05) is 23.5 Å². The van der Waals surface area contributed by atoms with Gasteiger partial charge in [0.1, 0.15) is 0 Å². The largest absolute Gasteiger partial charge is 0.308 e. The molecule has 0 aliphatic heterocycles. The van der Waals surface area contributed by atoms with Crippen molar-refractivity contribution in [2.24, 2.45) is 5.92 Å². The van der Waals surface area contributed by atoms with Crippen molar-refractivity contribution < 1.29 is 0 Å². The van der Waals surface area contributed by atoms with E-state index in [1.165, 1.54) is 17.0 Å². The summed E-state index contributed by atoms with van der Waals surface area (Å²) in [6.45, 7) is 12.1. The average Bonchev–Trinajstić information content (AvgIpc) is 2.55. The fraction of sp³-hybridized carbons (Fsp3) is 0.800. The number of nitrogens with zero attached hydrogens (tertiary/aromatic N) is 2. The lowest BCUT2D eigenvalue weighted by molar-refractivity contribution is 0.289. The Bertz CT molecular complexity index is 375. The van der Waals surface area contributed by atoms with Gasteiger partial charge in [-0.1, -0.05) is 13.8 Å². The van der Waals surface area contributed by atoms with Crippen molar-refractivity contribution >= 4 is 11.3 Å². The highest BCUT2D eigenvalue weighted by atomic mass is 32.1. The van der Waals surface area contributed by atoms with Crippen LogP contribution in [0.2, 0.25) is 0 Å². The van der Waals surface area contributed by atoms with Crippen LogP contribution in [-0.2, 0) is 0 Å². The first kappa shape index (κ1) is 16.6. The molecular formula is C15H29N3S. The number of aryl methyl sites for hydroxylation is 2. The Morgan fingerprint density at radius 1 is 1.21 bits per heavy atom. The predicted octanol–water partition coefficient (Wildman–Crippen LogP) is 3.39. The van der Waals surface area contributed by atoms with E-state index in [4.69, 9.17) is 0 Å². The summed E-state index contributed by atoms with van der Waals surface area (Å²) in [6.07, 6.45) is 1.20. The third-order valence-corrected chi connectivity index (χ3v) is 4.08. The maximum Gasteiger partial charge on any atom is 0.0900 e. The van der Waals surface area contributed by atoms with Crippen molar-refractivity contribution in [3.8, 4) is 0 Å². The molecule has 0 saturated carbocycles. The van der Waals surface area contributed by atoms with E-state index >= 15 is 0 Å². The maximum absolute atomic E-state index is 4.66. The number of aromatic nitrogens is 1. The number of hydrogen-bond donors (Lipinski definition) is 1. The van der Waals surface area contributed by atoms with Gasteiger partial charge in [-0.25, -0.2) is 4.98 Å². The predicted molar refractivity (Wildman–Crippen MR) is 84.9 cm³/mol. The molecule has 0 amide bonds. The quantitative estimate of drug-likeness (QED) is 0.831. The Morgan fingerprint density at radius 2 is 1.84 bits per heavy atom. The van der Waals surface area contributed by atoms with Crippen LogP contribution < -0.4 is 5.32 Å². The zero-order chi connectivity index (χ0) is 14.6. The minimum absolute atomic E-state index is 0.327. The lowest BCUT2D eigenvalue weighted by Gasteiger charge is -2.27. The smallest absolute Gasteiger partial charge is 0.0900 e. The molecule has 110 valence electrons. The first-order valence-electron chi connectivity index (χ1n) is 7.14. The lowest BCUT2D eigenvalue weighted by atomic mass is 10.0. The summed E-state index contributed by atoms with van der Waals surface area (Å²) in [7, 11) is 4.27. The maximum atomic E-state index is 4.66. The Kier molecular flexibility index (Phi) is 6.43. The molecule has 19 heavy (non-hydrogen) atoms. The third kappa shape index (κ3) is 5.59. The van der Waals surface area contributed by atoms with Gasteiger partial charge in [-0.2, -0.15) is 0 Å². The molecule has 2 unspecified atom stereocenters. The Morgan fingerprint density at radius 3 is 2.26 bits per heavy atom. The van der Waals surface area contributed by atoms with Crippen LogP contribution in [0.4, 0.5) is 0 Å². The van der Waals surface area contributed by atoms with E-state index in [1.54, 1.807) is 11.3 Å². The Labute approximate surface area is 122 Å². The minimum atomic E-state index is 0.327. The van der Waals surface area contributed by atoms with Gasteiger partial charge >= 0.3 is 0 Å². The molecule has 1 aromatic rings. The van der Waals surface area contributed by atoms with E-state index in [2.05, 4.69) is 63.9 Å².